The number of aromatic amines is 1. The quantitative estimate of drug-likeness (QED) is 0.674. The summed E-state index contributed by atoms with van der Waals surface area (Å²) in [5.74, 6) is 0. The van der Waals surface area contributed by atoms with Crippen LogP contribution in [0, 0.1) is 0 Å². The van der Waals surface area contributed by atoms with Crippen molar-refractivity contribution in [2.75, 3.05) is 5.73 Å². The van der Waals surface area contributed by atoms with Crippen LogP contribution in [-0.4, -0.2) is 4.98 Å². The van der Waals surface area contributed by atoms with Crippen molar-refractivity contribution in [3.8, 4) is 0 Å². The average molecular weight is 200 g/mol. The van der Waals surface area contributed by atoms with Gasteiger partial charge in [0.15, 0.2) is 0 Å². The van der Waals surface area contributed by atoms with Gasteiger partial charge in [-0.1, -0.05) is 6.07 Å². The third-order valence-corrected chi connectivity index (χ3v) is 2.04. The Balaban J connectivity index is 2.82. The van der Waals surface area contributed by atoms with E-state index >= 15 is 0 Å². The predicted octanol–water partition coefficient (Wildman–Crippen LogP) is 2.77. The number of nitrogen functional groups attached to an aromatic ring is 1. The molecule has 3 N–H and O–H groups in total. The Morgan fingerprint density at radius 3 is 2.57 bits per heavy atom. The fraction of sp³-hybridized carbons (Fsp3) is 0.111. The lowest BCUT2D eigenvalue weighted by atomic mass is 10.1. The topological polar surface area (TPSA) is 41.8 Å². The van der Waals surface area contributed by atoms with Crippen molar-refractivity contribution >= 4 is 16.6 Å². The lowest BCUT2D eigenvalue weighted by molar-refractivity contribution is -0.136. The summed E-state index contributed by atoms with van der Waals surface area (Å²) in [4.78, 5) is 2.68. The molecule has 1 heterocycles. The number of halogens is 3. The lowest BCUT2D eigenvalue weighted by Crippen LogP contribution is -2.05. The second kappa shape index (κ2) is 2.67. The number of hydrogen-bond donors (Lipinski definition) is 2. The molecule has 0 amide bonds. The average Bonchev–Trinajstić information content (AvgIpc) is 2.46. The van der Waals surface area contributed by atoms with E-state index in [-0.39, 0.29) is 11.1 Å². The molecule has 0 aliphatic carbocycles. The van der Waals surface area contributed by atoms with E-state index in [9.17, 15) is 13.2 Å². The summed E-state index contributed by atoms with van der Waals surface area (Å²) in [7, 11) is 0. The molecule has 0 atom stereocenters. The van der Waals surface area contributed by atoms with Crippen molar-refractivity contribution in [2.45, 2.75) is 6.18 Å². The number of nitrogens with one attached hydrogen (secondary N) is 1. The number of fused-ring (bicyclic) bond motifs is 1. The third-order valence-electron chi connectivity index (χ3n) is 2.04. The first-order valence-electron chi connectivity index (χ1n) is 3.93. The maximum Gasteiger partial charge on any atom is 0.417 e. The van der Waals surface area contributed by atoms with Gasteiger partial charge in [-0.05, 0) is 12.1 Å². The largest absolute Gasteiger partial charge is 0.417 e. The highest BCUT2D eigenvalue weighted by atomic mass is 19.4. The number of hydrogen-bond acceptors (Lipinski definition) is 1. The Hall–Kier alpha value is -1.65. The minimum absolute atomic E-state index is 0.0417. The van der Waals surface area contributed by atoms with Gasteiger partial charge in [-0.3, -0.25) is 0 Å². The summed E-state index contributed by atoms with van der Waals surface area (Å²) < 4.78 is 37.5. The van der Waals surface area contributed by atoms with Crippen LogP contribution < -0.4 is 5.73 Å². The van der Waals surface area contributed by atoms with Gasteiger partial charge in [-0.25, -0.2) is 0 Å². The predicted molar refractivity (Wildman–Crippen MR) is 47.7 cm³/mol. The fourth-order valence-electron chi connectivity index (χ4n) is 1.45. The van der Waals surface area contributed by atoms with E-state index in [4.69, 9.17) is 5.73 Å². The molecule has 0 bridgehead atoms. The van der Waals surface area contributed by atoms with Crippen LogP contribution in [0.3, 0.4) is 0 Å². The fourth-order valence-corrected chi connectivity index (χ4v) is 1.45. The molecule has 0 spiro atoms. The molecule has 0 aliphatic rings. The van der Waals surface area contributed by atoms with Crippen molar-refractivity contribution in [1.82, 2.24) is 4.98 Å². The van der Waals surface area contributed by atoms with Gasteiger partial charge in [-0.15, -0.1) is 0 Å². The molecular weight excluding hydrogens is 193 g/mol. The molecule has 2 nitrogen and oxygen atoms in total. The second-order valence-electron chi connectivity index (χ2n) is 2.97. The second-order valence-corrected chi connectivity index (χ2v) is 2.97. The number of alkyl halides is 3. The van der Waals surface area contributed by atoms with Crippen molar-refractivity contribution in [3.05, 3.63) is 30.0 Å². The maximum atomic E-state index is 12.5. The summed E-state index contributed by atoms with van der Waals surface area (Å²) in [5, 5.41) is 0.0417. The van der Waals surface area contributed by atoms with Crippen molar-refractivity contribution < 1.29 is 13.2 Å². The van der Waals surface area contributed by atoms with Crippen LogP contribution in [0.25, 0.3) is 10.9 Å². The molecular formula is C9H7F3N2. The summed E-state index contributed by atoms with van der Waals surface area (Å²) in [6, 6.07) is 3.93. The molecule has 5 heteroatoms. The van der Waals surface area contributed by atoms with Gasteiger partial charge in [0.05, 0.1) is 11.3 Å². The molecule has 74 valence electrons. The Kier molecular flexibility index (Phi) is 1.70. The number of aromatic nitrogens is 1. The van der Waals surface area contributed by atoms with Crippen LogP contribution in [0.5, 0.6) is 0 Å². The van der Waals surface area contributed by atoms with Crippen molar-refractivity contribution in [3.63, 3.8) is 0 Å². The molecule has 1 aromatic carbocycles. The normalized spacial score (nSPS) is 12.2. The Morgan fingerprint density at radius 1 is 1.21 bits per heavy atom. The Bertz CT molecular complexity index is 470. The van der Waals surface area contributed by atoms with E-state index < -0.39 is 11.7 Å². The van der Waals surface area contributed by atoms with Gasteiger partial charge in [0.2, 0.25) is 0 Å². The van der Waals surface area contributed by atoms with Crippen LogP contribution in [0.1, 0.15) is 5.56 Å². The number of rotatable bonds is 0. The number of anilines is 1. The van der Waals surface area contributed by atoms with Gasteiger partial charge in [0, 0.05) is 17.1 Å². The highest BCUT2D eigenvalue weighted by Gasteiger charge is 2.33. The maximum absolute atomic E-state index is 12.5. The van der Waals surface area contributed by atoms with Crippen LogP contribution >= 0.6 is 0 Å². The monoisotopic (exact) mass is 200 g/mol. The van der Waals surface area contributed by atoms with E-state index in [1.165, 1.54) is 12.3 Å². The van der Waals surface area contributed by atoms with E-state index in [2.05, 4.69) is 4.98 Å². The molecule has 14 heavy (non-hydrogen) atoms. The molecule has 1 aromatic heterocycles. The Morgan fingerprint density at radius 2 is 1.93 bits per heavy atom. The number of benzene rings is 1. The van der Waals surface area contributed by atoms with Crippen LogP contribution in [0.2, 0.25) is 0 Å². The first-order valence-corrected chi connectivity index (χ1v) is 3.93. The van der Waals surface area contributed by atoms with E-state index in [1.807, 2.05) is 0 Å². The molecule has 2 rings (SSSR count). The van der Waals surface area contributed by atoms with Crippen molar-refractivity contribution in [1.29, 1.82) is 0 Å². The highest BCUT2D eigenvalue weighted by Crippen LogP contribution is 2.36. The lowest BCUT2D eigenvalue weighted by Gasteiger charge is -2.08. The summed E-state index contributed by atoms with van der Waals surface area (Å²) in [5.41, 5.74) is 5.26. The summed E-state index contributed by atoms with van der Waals surface area (Å²) >= 11 is 0. The molecule has 0 saturated carbocycles. The number of H-pyrrole nitrogens is 1. The summed E-state index contributed by atoms with van der Waals surface area (Å²) in [6.45, 7) is 0. The van der Waals surface area contributed by atoms with Gasteiger partial charge in [-0.2, -0.15) is 13.2 Å². The van der Waals surface area contributed by atoms with Gasteiger partial charge >= 0.3 is 6.18 Å². The van der Waals surface area contributed by atoms with Crippen LogP contribution in [0.15, 0.2) is 24.4 Å². The SMILES string of the molecule is Nc1c[nH]c2cccc(C(F)(F)F)c12. The zero-order valence-corrected chi connectivity index (χ0v) is 7.02. The van der Waals surface area contributed by atoms with Gasteiger partial charge < -0.3 is 10.7 Å². The molecule has 0 unspecified atom stereocenters. The van der Waals surface area contributed by atoms with Gasteiger partial charge in [0.1, 0.15) is 0 Å². The third kappa shape index (κ3) is 1.21. The van der Waals surface area contributed by atoms with E-state index in [1.54, 1.807) is 6.07 Å². The first kappa shape index (κ1) is 8.93. The zero-order chi connectivity index (χ0) is 10.3. The molecule has 2 aromatic rings. The minimum atomic E-state index is -4.37. The van der Waals surface area contributed by atoms with Crippen molar-refractivity contribution in [2.24, 2.45) is 0 Å². The molecule has 0 saturated heterocycles. The Labute approximate surface area is 77.5 Å². The van der Waals surface area contributed by atoms with Crippen LogP contribution in [0.4, 0.5) is 18.9 Å². The van der Waals surface area contributed by atoms with E-state index in [0.717, 1.165) is 6.07 Å². The molecule has 0 fully saturated rings. The standard InChI is InChI=1S/C9H7F3N2/c10-9(11,12)5-2-1-3-7-8(5)6(13)4-14-7/h1-4,14H,13H2. The molecule has 0 aliphatic heterocycles. The van der Waals surface area contributed by atoms with E-state index in [0.29, 0.717) is 5.52 Å². The van der Waals surface area contributed by atoms with Gasteiger partial charge in [0.25, 0.3) is 0 Å². The smallest absolute Gasteiger partial charge is 0.397 e. The number of nitrogens with two attached hydrogens (primary N) is 1. The highest BCUT2D eigenvalue weighted by molar-refractivity contribution is 5.94. The first-order chi connectivity index (χ1) is 6.50. The minimum Gasteiger partial charge on any atom is -0.397 e. The zero-order valence-electron chi connectivity index (χ0n) is 7.02. The van der Waals surface area contributed by atoms with Crippen LogP contribution in [-0.2, 0) is 6.18 Å². The summed E-state index contributed by atoms with van der Waals surface area (Å²) in [6.07, 6.45) is -3.00. The molecule has 0 radical (unpaired) electrons.